The Morgan fingerprint density at radius 3 is 2.64 bits per heavy atom. The first-order chi connectivity index (χ1) is 15.8. The summed E-state index contributed by atoms with van der Waals surface area (Å²) in [7, 11) is -4.04. The maximum atomic E-state index is 14.7. The van der Waals surface area contributed by atoms with E-state index in [1.54, 1.807) is 9.58 Å². The molecule has 2 fully saturated rings. The molecular weight excluding hydrogens is 455 g/mol. The second-order valence-corrected chi connectivity index (χ2v) is 10.4. The van der Waals surface area contributed by atoms with Crippen molar-refractivity contribution in [3.63, 3.8) is 0 Å². The van der Waals surface area contributed by atoms with Crippen LogP contribution in [0.15, 0.2) is 23.1 Å². The molecule has 4 heterocycles. The lowest BCUT2D eigenvalue weighted by molar-refractivity contribution is 0.0297. The van der Waals surface area contributed by atoms with E-state index in [2.05, 4.69) is 5.10 Å². The van der Waals surface area contributed by atoms with E-state index in [-0.39, 0.29) is 23.4 Å². The van der Waals surface area contributed by atoms with Gasteiger partial charge in [0.1, 0.15) is 10.7 Å². The standard InChI is InChI=1S/C21H23FN4O6S/c22-16-5-1-4-14-18-15(12-33(30,31)19(14)16)17(20(27)24-7-9-32-10-8-24)23-26(18)13-3-2-6-25(11-13)21(28)29/h1,4-5,13H,2-3,6-12H2,(H,28,29). The highest BCUT2D eigenvalue weighted by atomic mass is 32.2. The van der Waals surface area contributed by atoms with Crippen molar-refractivity contribution in [2.24, 2.45) is 0 Å². The van der Waals surface area contributed by atoms with Crippen LogP contribution in [0.4, 0.5) is 9.18 Å². The molecule has 12 heteroatoms. The van der Waals surface area contributed by atoms with E-state index >= 15 is 0 Å². The molecule has 0 spiro atoms. The molecule has 0 radical (unpaired) electrons. The summed E-state index contributed by atoms with van der Waals surface area (Å²) in [6, 6.07) is 3.61. The summed E-state index contributed by atoms with van der Waals surface area (Å²) in [6.45, 7) is 1.98. The molecule has 5 rings (SSSR count). The molecule has 3 aliphatic heterocycles. The van der Waals surface area contributed by atoms with Gasteiger partial charge in [0.05, 0.1) is 30.7 Å². The number of halogens is 1. The number of carboxylic acid groups (broad SMARTS) is 1. The van der Waals surface area contributed by atoms with E-state index in [1.807, 2.05) is 0 Å². The van der Waals surface area contributed by atoms with Crippen LogP contribution in [0, 0.1) is 5.82 Å². The quantitative estimate of drug-likeness (QED) is 0.698. The minimum atomic E-state index is -4.04. The van der Waals surface area contributed by atoms with Crippen molar-refractivity contribution >= 4 is 21.8 Å². The molecule has 10 nitrogen and oxygen atoms in total. The smallest absolute Gasteiger partial charge is 0.407 e. The number of piperidine rings is 1. The molecule has 33 heavy (non-hydrogen) atoms. The molecule has 0 aliphatic carbocycles. The van der Waals surface area contributed by atoms with E-state index in [4.69, 9.17) is 4.74 Å². The van der Waals surface area contributed by atoms with E-state index in [1.165, 1.54) is 17.0 Å². The van der Waals surface area contributed by atoms with Crippen LogP contribution in [0.2, 0.25) is 0 Å². The van der Waals surface area contributed by atoms with Gasteiger partial charge < -0.3 is 19.6 Å². The van der Waals surface area contributed by atoms with Gasteiger partial charge in [0.2, 0.25) is 0 Å². The zero-order chi connectivity index (χ0) is 23.3. The number of ether oxygens (including phenoxy) is 1. The largest absolute Gasteiger partial charge is 0.465 e. The van der Waals surface area contributed by atoms with Crippen LogP contribution >= 0.6 is 0 Å². The van der Waals surface area contributed by atoms with Gasteiger partial charge >= 0.3 is 6.09 Å². The third-order valence-electron chi connectivity index (χ3n) is 6.39. The van der Waals surface area contributed by atoms with E-state index in [9.17, 15) is 27.5 Å². The number of amides is 2. The first kappa shape index (κ1) is 21.8. The molecule has 3 aliphatic rings. The van der Waals surface area contributed by atoms with E-state index < -0.39 is 44.3 Å². The highest BCUT2D eigenvalue weighted by Gasteiger charge is 2.40. The van der Waals surface area contributed by atoms with Gasteiger partial charge in [0.25, 0.3) is 5.91 Å². The zero-order valence-corrected chi connectivity index (χ0v) is 18.6. The van der Waals surface area contributed by atoms with Crippen molar-refractivity contribution < 1.29 is 32.2 Å². The van der Waals surface area contributed by atoms with Crippen LogP contribution in [0.5, 0.6) is 0 Å². The number of carbonyl (C=O) groups is 2. The van der Waals surface area contributed by atoms with Crippen molar-refractivity contribution in [3.05, 3.63) is 35.3 Å². The van der Waals surface area contributed by atoms with Crippen LogP contribution in [-0.4, -0.2) is 84.5 Å². The molecule has 0 bridgehead atoms. The Bertz CT molecular complexity index is 1240. The Hall–Kier alpha value is -2.99. The molecule has 0 saturated carbocycles. The van der Waals surface area contributed by atoms with Gasteiger partial charge in [0, 0.05) is 37.3 Å². The number of benzene rings is 1. The summed E-state index contributed by atoms with van der Waals surface area (Å²) in [5.41, 5.74) is 0.764. The van der Waals surface area contributed by atoms with E-state index in [0.29, 0.717) is 51.4 Å². The second-order valence-electron chi connectivity index (χ2n) is 8.43. The topological polar surface area (TPSA) is 122 Å². The van der Waals surface area contributed by atoms with Gasteiger partial charge in [-0.25, -0.2) is 17.6 Å². The van der Waals surface area contributed by atoms with Gasteiger partial charge in [-0.05, 0) is 18.9 Å². The summed E-state index contributed by atoms with van der Waals surface area (Å²) in [4.78, 5) is 27.3. The van der Waals surface area contributed by atoms with Crippen LogP contribution in [0.3, 0.4) is 0 Å². The molecule has 1 aromatic heterocycles. The van der Waals surface area contributed by atoms with Crippen molar-refractivity contribution in [1.29, 1.82) is 0 Å². The summed E-state index contributed by atoms with van der Waals surface area (Å²) in [5.74, 6) is -1.81. The molecule has 1 aromatic carbocycles. The summed E-state index contributed by atoms with van der Waals surface area (Å²) < 4.78 is 47.6. The van der Waals surface area contributed by atoms with Crippen molar-refractivity contribution in [2.45, 2.75) is 29.5 Å². The van der Waals surface area contributed by atoms with E-state index in [0.717, 1.165) is 6.07 Å². The molecule has 1 atom stereocenters. The third kappa shape index (κ3) is 3.66. The number of aromatic nitrogens is 2. The lowest BCUT2D eigenvalue weighted by Gasteiger charge is -2.32. The van der Waals surface area contributed by atoms with Crippen LogP contribution in [-0.2, 0) is 20.3 Å². The number of hydrogen-bond acceptors (Lipinski definition) is 6. The molecule has 2 aromatic rings. The fraction of sp³-hybridized carbons (Fsp3) is 0.476. The normalized spacial score (nSPS) is 21.9. The lowest BCUT2D eigenvalue weighted by atomic mass is 10.0. The first-order valence-corrected chi connectivity index (χ1v) is 12.4. The second kappa shape index (κ2) is 8.10. The van der Waals surface area contributed by atoms with Gasteiger partial charge in [0.15, 0.2) is 15.5 Å². The fourth-order valence-corrected chi connectivity index (χ4v) is 6.51. The van der Waals surface area contributed by atoms with Crippen molar-refractivity contribution in [1.82, 2.24) is 19.6 Å². The Balaban J connectivity index is 1.69. The van der Waals surface area contributed by atoms with Gasteiger partial charge in [-0.1, -0.05) is 12.1 Å². The number of morpholine rings is 1. The highest BCUT2D eigenvalue weighted by molar-refractivity contribution is 7.91. The fourth-order valence-electron chi connectivity index (χ4n) is 4.85. The van der Waals surface area contributed by atoms with Crippen molar-refractivity contribution in [2.75, 3.05) is 39.4 Å². The third-order valence-corrected chi connectivity index (χ3v) is 8.10. The highest BCUT2D eigenvalue weighted by Crippen LogP contribution is 2.42. The number of nitrogens with zero attached hydrogens (tertiary/aromatic N) is 4. The Kier molecular flexibility index (Phi) is 5.36. The predicted octanol–water partition coefficient (Wildman–Crippen LogP) is 1.76. The number of carbonyl (C=O) groups excluding carboxylic acids is 1. The zero-order valence-electron chi connectivity index (χ0n) is 17.7. The number of fused-ring (bicyclic) bond motifs is 3. The maximum absolute atomic E-state index is 14.7. The average Bonchev–Trinajstić information content (AvgIpc) is 3.17. The van der Waals surface area contributed by atoms with Crippen LogP contribution in [0.1, 0.15) is 34.9 Å². The number of hydrogen-bond donors (Lipinski definition) is 1. The molecule has 2 saturated heterocycles. The molecule has 176 valence electrons. The average molecular weight is 479 g/mol. The Morgan fingerprint density at radius 1 is 1.15 bits per heavy atom. The monoisotopic (exact) mass is 478 g/mol. The Labute approximate surface area is 189 Å². The Morgan fingerprint density at radius 2 is 1.91 bits per heavy atom. The van der Waals surface area contributed by atoms with Gasteiger partial charge in [-0.3, -0.25) is 9.48 Å². The first-order valence-electron chi connectivity index (χ1n) is 10.8. The SMILES string of the molecule is O=C(O)N1CCCC(n2nc(C(=O)N3CCOCC3)c3c2-c2cccc(F)c2S(=O)(=O)C3)C1. The van der Waals surface area contributed by atoms with Crippen LogP contribution < -0.4 is 0 Å². The maximum Gasteiger partial charge on any atom is 0.407 e. The van der Waals surface area contributed by atoms with Crippen LogP contribution in [0.25, 0.3) is 11.3 Å². The van der Waals surface area contributed by atoms with Gasteiger partial charge in [-0.15, -0.1) is 0 Å². The number of sulfone groups is 1. The van der Waals surface area contributed by atoms with Crippen molar-refractivity contribution in [3.8, 4) is 11.3 Å². The molecule has 2 amide bonds. The summed E-state index contributed by atoms with van der Waals surface area (Å²) in [5, 5.41) is 14.0. The summed E-state index contributed by atoms with van der Waals surface area (Å²) >= 11 is 0. The molecule has 1 unspecified atom stereocenters. The molecular formula is C21H23FN4O6S. The minimum absolute atomic E-state index is 0.0119. The summed E-state index contributed by atoms with van der Waals surface area (Å²) in [6.07, 6.45) is 0.131. The minimum Gasteiger partial charge on any atom is -0.465 e. The lowest BCUT2D eigenvalue weighted by Crippen LogP contribution is -2.41. The number of rotatable bonds is 2. The number of likely N-dealkylation sites (tertiary alicyclic amines) is 1. The predicted molar refractivity (Wildman–Crippen MR) is 113 cm³/mol. The van der Waals surface area contributed by atoms with Gasteiger partial charge in [-0.2, -0.15) is 5.10 Å². The molecule has 1 N–H and O–H groups in total.